The van der Waals surface area contributed by atoms with E-state index in [0.717, 1.165) is 23.5 Å². The number of rotatable bonds is 2. The van der Waals surface area contributed by atoms with E-state index in [1.54, 1.807) is 0 Å². The largest absolute Gasteiger partial charge is 0.490 e. The molecule has 0 N–H and O–H groups in total. The lowest BCUT2D eigenvalue weighted by molar-refractivity contribution is 0.296. The lowest BCUT2D eigenvalue weighted by Crippen LogP contribution is -2.14. The van der Waals surface area contributed by atoms with Crippen molar-refractivity contribution in [1.82, 2.24) is 4.90 Å². The molecule has 1 aromatic rings. The van der Waals surface area contributed by atoms with Gasteiger partial charge in [0.05, 0.1) is 13.2 Å². The monoisotopic (exact) mass is 241 g/mol. The number of hydrogen-bond donors (Lipinski definition) is 0. The molecule has 3 nitrogen and oxygen atoms in total. The highest BCUT2D eigenvalue weighted by Gasteiger charge is 2.15. The molecule has 0 saturated carbocycles. The lowest BCUT2D eigenvalue weighted by atomic mass is 10.2. The molecule has 1 unspecified atom stereocenters. The fourth-order valence-electron chi connectivity index (χ4n) is 1.63. The number of ether oxygens (including phenoxy) is 2. The van der Waals surface area contributed by atoms with Crippen LogP contribution in [0.4, 0.5) is 0 Å². The minimum Gasteiger partial charge on any atom is -0.490 e. The van der Waals surface area contributed by atoms with Gasteiger partial charge in [-0.3, -0.25) is 4.90 Å². The number of nitrogens with zero attached hydrogens (tertiary/aromatic N) is 1. The maximum absolute atomic E-state index is 6.25. The summed E-state index contributed by atoms with van der Waals surface area (Å²) in [5.74, 6) is 1.60. The van der Waals surface area contributed by atoms with Crippen LogP contribution in [0.1, 0.15) is 17.5 Å². The molecule has 1 heterocycles. The number of benzene rings is 1. The molecule has 0 spiro atoms. The van der Waals surface area contributed by atoms with Gasteiger partial charge in [-0.05, 0) is 31.8 Å². The van der Waals surface area contributed by atoms with Gasteiger partial charge < -0.3 is 9.47 Å². The minimum absolute atomic E-state index is 0.142. The highest BCUT2D eigenvalue weighted by Crippen LogP contribution is 2.34. The van der Waals surface area contributed by atoms with E-state index in [9.17, 15) is 0 Å². The maximum Gasteiger partial charge on any atom is 0.161 e. The first-order valence-electron chi connectivity index (χ1n) is 5.38. The van der Waals surface area contributed by atoms with Crippen LogP contribution in [0.15, 0.2) is 18.2 Å². The summed E-state index contributed by atoms with van der Waals surface area (Å²) >= 11 is 6.25. The van der Waals surface area contributed by atoms with Crippen molar-refractivity contribution in [3.63, 3.8) is 0 Å². The van der Waals surface area contributed by atoms with Gasteiger partial charge >= 0.3 is 0 Å². The molecular formula is C12H16ClNO2. The number of hydrogen-bond acceptors (Lipinski definition) is 3. The molecule has 88 valence electrons. The van der Waals surface area contributed by atoms with E-state index in [2.05, 4.69) is 0 Å². The zero-order valence-corrected chi connectivity index (χ0v) is 10.3. The summed E-state index contributed by atoms with van der Waals surface area (Å²) in [5, 5.41) is 0. The third-order valence-electron chi connectivity index (χ3n) is 2.50. The summed E-state index contributed by atoms with van der Waals surface area (Å²) in [4.78, 5) is 1.95. The Morgan fingerprint density at radius 2 is 1.88 bits per heavy atom. The zero-order valence-electron chi connectivity index (χ0n) is 9.57. The number of fused-ring (bicyclic) bond motifs is 1. The summed E-state index contributed by atoms with van der Waals surface area (Å²) < 4.78 is 11.2. The van der Waals surface area contributed by atoms with Crippen molar-refractivity contribution < 1.29 is 9.47 Å². The second kappa shape index (κ2) is 4.93. The van der Waals surface area contributed by atoms with Crippen molar-refractivity contribution in [3.8, 4) is 11.5 Å². The van der Waals surface area contributed by atoms with Crippen LogP contribution in [-0.4, -0.2) is 32.2 Å². The summed E-state index contributed by atoms with van der Waals surface area (Å²) in [6.45, 7) is 1.41. The van der Waals surface area contributed by atoms with Gasteiger partial charge in [0.2, 0.25) is 0 Å². The van der Waals surface area contributed by atoms with E-state index >= 15 is 0 Å². The molecule has 1 atom stereocenters. The second-order valence-electron chi connectivity index (χ2n) is 4.06. The lowest BCUT2D eigenvalue weighted by Gasteiger charge is -2.19. The van der Waals surface area contributed by atoms with Crippen LogP contribution in [0.2, 0.25) is 0 Å². The summed E-state index contributed by atoms with van der Waals surface area (Å²) in [6, 6.07) is 5.86. The first-order chi connectivity index (χ1) is 7.68. The maximum atomic E-state index is 6.25. The zero-order chi connectivity index (χ0) is 11.5. The Morgan fingerprint density at radius 3 is 2.56 bits per heavy atom. The Morgan fingerprint density at radius 1 is 1.19 bits per heavy atom. The summed E-state index contributed by atoms with van der Waals surface area (Å²) in [7, 11) is 3.89. The van der Waals surface area contributed by atoms with Crippen molar-refractivity contribution in [2.24, 2.45) is 0 Å². The van der Waals surface area contributed by atoms with Gasteiger partial charge in [0.25, 0.3) is 0 Å². The van der Waals surface area contributed by atoms with Crippen LogP contribution in [0, 0.1) is 0 Å². The number of halogens is 1. The van der Waals surface area contributed by atoms with E-state index in [4.69, 9.17) is 21.1 Å². The normalized spacial score (nSPS) is 17.0. The van der Waals surface area contributed by atoms with E-state index in [1.165, 1.54) is 0 Å². The molecule has 1 aliphatic heterocycles. The third-order valence-corrected chi connectivity index (χ3v) is 3.14. The van der Waals surface area contributed by atoms with Crippen LogP contribution < -0.4 is 9.47 Å². The van der Waals surface area contributed by atoms with Gasteiger partial charge in [0, 0.05) is 6.42 Å². The third kappa shape index (κ3) is 2.42. The van der Waals surface area contributed by atoms with Gasteiger partial charge in [-0.1, -0.05) is 6.07 Å². The van der Waals surface area contributed by atoms with Crippen LogP contribution in [0.5, 0.6) is 11.5 Å². The predicted molar refractivity (Wildman–Crippen MR) is 64.3 cm³/mol. The summed E-state index contributed by atoms with van der Waals surface area (Å²) in [6.07, 6.45) is 0.919. The molecule has 0 radical (unpaired) electrons. The van der Waals surface area contributed by atoms with Crippen molar-refractivity contribution in [2.75, 3.05) is 27.3 Å². The molecular weight excluding hydrogens is 226 g/mol. The average molecular weight is 242 g/mol. The van der Waals surface area contributed by atoms with Gasteiger partial charge in [0.1, 0.15) is 5.50 Å². The fraction of sp³-hybridized carbons (Fsp3) is 0.500. The minimum atomic E-state index is -0.142. The Labute approximate surface area is 101 Å². The summed E-state index contributed by atoms with van der Waals surface area (Å²) in [5.41, 5.74) is 0.882. The van der Waals surface area contributed by atoms with Gasteiger partial charge in [0.15, 0.2) is 11.5 Å². The van der Waals surface area contributed by atoms with Crippen molar-refractivity contribution in [3.05, 3.63) is 23.8 Å². The van der Waals surface area contributed by atoms with E-state index < -0.39 is 0 Å². The molecule has 0 bridgehead atoms. The average Bonchev–Trinajstić information content (AvgIpc) is 2.51. The Bertz CT molecular complexity index is 368. The van der Waals surface area contributed by atoms with E-state index in [-0.39, 0.29) is 5.50 Å². The fourth-order valence-corrected chi connectivity index (χ4v) is 1.76. The van der Waals surface area contributed by atoms with Crippen molar-refractivity contribution in [2.45, 2.75) is 11.9 Å². The van der Waals surface area contributed by atoms with Crippen LogP contribution in [0.3, 0.4) is 0 Å². The second-order valence-corrected chi connectivity index (χ2v) is 4.47. The van der Waals surface area contributed by atoms with Crippen molar-refractivity contribution in [1.29, 1.82) is 0 Å². The van der Waals surface area contributed by atoms with E-state index in [0.29, 0.717) is 13.2 Å². The topological polar surface area (TPSA) is 21.7 Å². The smallest absolute Gasteiger partial charge is 0.161 e. The molecule has 0 saturated heterocycles. The van der Waals surface area contributed by atoms with E-state index in [1.807, 2.05) is 37.2 Å². The van der Waals surface area contributed by atoms with Gasteiger partial charge in [-0.25, -0.2) is 0 Å². The molecule has 0 aliphatic carbocycles. The Kier molecular flexibility index (Phi) is 3.56. The van der Waals surface area contributed by atoms with Crippen molar-refractivity contribution >= 4 is 11.6 Å². The highest BCUT2D eigenvalue weighted by atomic mass is 35.5. The predicted octanol–water partition coefficient (Wildman–Crippen LogP) is 2.65. The van der Waals surface area contributed by atoms with Crippen LogP contribution in [0.25, 0.3) is 0 Å². The first kappa shape index (κ1) is 11.6. The molecule has 1 aromatic carbocycles. The van der Waals surface area contributed by atoms with Crippen LogP contribution in [-0.2, 0) is 0 Å². The standard InChI is InChI=1S/C12H16ClNO2/c1-14(2)12(13)9-4-5-10-11(8-9)16-7-3-6-15-10/h4-5,8,12H,3,6-7H2,1-2H3. The number of alkyl halides is 1. The molecule has 4 heteroatoms. The van der Waals surface area contributed by atoms with Crippen LogP contribution >= 0.6 is 11.6 Å². The molecule has 1 aliphatic rings. The molecule has 2 rings (SSSR count). The Balaban J connectivity index is 2.27. The van der Waals surface area contributed by atoms with Gasteiger partial charge in [-0.15, -0.1) is 11.6 Å². The highest BCUT2D eigenvalue weighted by molar-refractivity contribution is 6.20. The Hall–Kier alpha value is -0.930. The SMILES string of the molecule is CN(C)C(Cl)c1ccc2c(c1)OCCCO2. The first-order valence-corrected chi connectivity index (χ1v) is 5.82. The molecule has 0 fully saturated rings. The molecule has 0 aromatic heterocycles. The molecule has 0 amide bonds. The molecule has 16 heavy (non-hydrogen) atoms. The van der Waals surface area contributed by atoms with Gasteiger partial charge in [-0.2, -0.15) is 0 Å². The quantitative estimate of drug-likeness (QED) is 0.587.